The van der Waals surface area contributed by atoms with E-state index in [1.54, 1.807) is 30.3 Å². The minimum Gasteiger partial charge on any atom is -0.367 e. The van der Waals surface area contributed by atoms with Gasteiger partial charge in [-0.15, -0.1) is 0 Å². The van der Waals surface area contributed by atoms with Gasteiger partial charge in [-0.3, -0.25) is 0 Å². The Morgan fingerprint density at radius 3 is 2.23 bits per heavy atom. The van der Waals surface area contributed by atoms with Crippen molar-refractivity contribution in [3.8, 4) is 0 Å². The van der Waals surface area contributed by atoms with Gasteiger partial charge in [0, 0.05) is 32.7 Å². The topological polar surface area (TPSA) is 86.8 Å². The van der Waals surface area contributed by atoms with Crippen LogP contribution in [0.5, 0.6) is 0 Å². The first kappa shape index (κ1) is 22.7. The zero-order chi connectivity index (χ0) is 21.9. The molecular weight excluding hydrogens is 429 g/mol. The van der Waals surface area contributed by atoms with Crippen LogP contribution in [0.3, 0.4) is 0 Å². The zero-order valence-electron chi connectivity index (χ0n) is 17.0. The fourth-order valence-electron chi connectivity index (χ4n) is 3.31. The minimum atomic E-state index is -3.79. The van der Waals surface area contributed by atoms with Crippen molar-refractivity contribution in [1.29, 1.82) is 0 Å². The number of halogens is 1. The number of para-hydroxylation sites is 1. The molecule has 0 amide bonds. The Hall–Kier alpha value is -2.01. The lowest BCUT2D eigenvalue weighted by molar-refractivity contribution is 0.383. The first-order valence-corrected chi connectivity index (χ1v) is 12.7. The Kier molecular flexibility index (Phi) is 6.81. The van der Waals surface area contributed by atoms with Gasteiger partial charge in [-0.1, -0.05) is 18.2 Å². The highest BCUT2D eigenvalue weighted by atomic mass is 32.2. The van der Waals surface area contributed by atoms with Crippen molar-refractivity contribution in [3.63, 3.8) is 0 Å². The number of sulfonamides is 2. The first-order chi connectivity index (χ1) is 14.1. The standard InChI is InChI=1S/C20H26FN3O4S2/c1-16-7-8-18(15-17(16)2)30(27,28)22-9-14-29(25,26)24-12-10-23(11-13-24)20-6-4-3-5-19(20)21/h3-8,15,22H,9-14H2,1-2H3. The van der Waals surface area contributed by atoms with Crippen LogP contribution in [0.1, 0.15) is 11.1 Å². The molecule has 2 aromatic rings. The van der Waals surface area contributed by atoms with E-state index in [4.69, 9.17) is 0 Å². The van der Waals surface area contributed by atoms with Crippen LogP contribution < -0.4 is 9.62 Å². The summed E-state index contributed by atoms with van der Waals surface area (Å²) in [5.41, 5.74) is 2.28. The van der Waals surface area contributed by atoms with E-state index >= 15 is 0 Å². The highest BCUT2D eigenvalue weighted by Crippen LogP contribution is 2.21. The lowest BCUT2D eigenvalue weighted by atomic mass is 10.1. The number of anilines is 1. The monoisotopic (exact) mass is 455 g/mol. The predicted molar refractivity (Wildman–Crippen MR) is 115 cm³/mol. The van der Waals surface area contributed by atoms with Crippen LogP contribution in [0.15, 0.2) is 47.4 Å². The van der Waals surface area contributed by atoms with E-state index in [9.17, 15) is 21.2 Å². The maximum atomic E-state index is 13.9. The Balaban J connectivity index is 1.56. The molecule has 7 nitrogen and oxygen atoms in total. The fraction of sp³-hybridized carbons (Fsp3) is 0.400. The number of piperazine rings is 1. The van der Waals surface area contributed by atoms with Crippen molar-refractivity contribution in [2.45, 2.75) is 18.7 Å². The number of nitrogens with one attached hydrogen (secondary N) is 1. The minimum absolute atomic E-state index is 0.113. The first-order valence-electron chi connectivity index (χ1n) is 9.64. The second-order valence-corrected chi connectivity index (χ2v) is 11.2. The lowest BCUT2D eigenvalue weighted by Crippen LogP contribution is -2.50. The summed E-state index contributed by atoms with van der Waals surface area (Å²) in [6.07, 6.45) is 0. The second kappa shape index (κ2) is 9.01. The van der Waals surface area contributed by atoms with Crippen LogP contribution in [-0.4, -0.2) is 59.6 Å². The normalized spacial score (nSPS) is 16.0. The van der Waals surface area contributed by atoms with E-state index in [0.29, 0.717) is 18.8 Å². The van der Waals surface area contributed by atoms with Crippen LogP contribution in [0.2, 0.25) is 0 Å². The average molecular weight is 456 g/mol. The number of hydrogen-bond donors (Lipinski definition) is 1. The van der Waals surface area contributed by atoms with Gasteiger partial charge in [0.05, 0.1) is 16.3 Å². The Morgan fingerprint density at radius 2 is 1.60 bits per heavy atom. The van der Waals surface area contributed by atoms with Gasteiger partial charge in [0.2, 0.25) is 20.0 Å². The van der Waals surface area contributed by atoms with Crippen LogP contribution >= 0.6 is 0 Å². The molecule has 0 aromatic heterocycles. The molecule has 30 heavy (non-hydrogen) atoms. The highest BCUT2D eigenvalue weighted by Gasteiger charge is 2.28. The van der Waals surface area contributed by atoms with Gasteiger partial charge in [-0.25, -0.2) is 25.9 Å². The van der Waals surface area contributed by atoms with Crippen LogP contribution in [0.25, 0.3) is 0 Å². The fourth-order valence-corrected chi connectivity index (χ4v) is 5.90. The van der Waals surface area contributed by atoms with E-state index in [-0.39, 0.29) is 36.1 Å². The zero-order valence-corrected chi connectivity index (χ0v) is 18.6. The van der Waals surface area contributed by atoms with Gasteiger partial charge >= 0.3 is 0 Å². The number of hydrogen-bond acceptors (Lipinski definition) is 5. The molecule has 0 radical (unpaired) electrons. The third-order valence-electron chi connectivity index (χ3n) is 5.27. The van der Waals surface area contributed by atoms with Crippen molar-refractivity contribution in [3.05, 3.63) is 59.4 Å². The molecule has 1 aliphatic rings. The Labute approximate surface area is 177 Å². The summed E-state index contributed by atoms with van der Waals surface area (Å²) in [5, 5.41) is 0. The van der Waals surface area contributed by atoms with E-state index in [1.807, 2.05) is 18.7 Å². The average Bonchev–Trinajstić information content (AvgIpc) is 2.70. The molecule has 0 saturated carbocycles. The van der Waals surface area contributed by atoms with Crippen LogP contribution in [0.4, 0.5) is 10.1 Å². The third-order valence-corrected chi connectivity index (χ3v) is 8.60. The quantitative estimate of drug-likeness (QED) is 0.689. The molecule has 3 rings (SSSR count). The molecule has 2 aromatic carbocycles. The molecule has 1 saturated heterocycles. The summed E-state index contributed by atoms with van der Waals surface area (Å²) in [6.45, 7) is 4.67. The Morgan fingerprint density at radius 1 is 0.933 bits per heavy atom. The lowest BCUT2D eigenvalue weighted by Gasteiger charge is -2.35. The largest absolute Gasteiger partial charge is 0.367 e. The summed E-state index contributed by atoms with van der Waals surface area (Å²) in [4.78, 5) is 1.92. The molecular formula is C20H26FN3O4S2. The van der Waals surface area contributed by atoms with Gasteiger partial charge in [-0.2, -0.15) is 4.31 Å². The van der Waals surface area contributed by atoms with Crippen molar-refractivity contribution >= 4 is 25.7 Å². The van der Waals surface area contributed by atoms with Crippen molar-refractivity contribution in [2.24, 2.45) is 0 Å². The summed E-state index contributed by atoms with van der Waals surface area (Å²) in [6, 6.07) is 11.2. The van der Waals surface area contributed by atoms with Crippen LogP contribution in [0, 0.1) is 19.7 Å². The van der Waals surface area contributed by atoms with Gasteiger partial charge in [0.25, 0.3) is 0 Å². The molecule has 1 heterocycles. The molecule has 0 atom stereocenters. The molecule has 1 N–H and O–H groups in total. The van der Waals surface area contributed by atoms with Gasteiger partial charge in [-0.05, 0) is 49.2 Å². The summed E-state index contributed by atoms with van der Waals surface area (Å²) in [7, 11) is -7.42. The van der Waals surface area contributed by atoms with E-state index in [0.717, 1.165) is 11.1 Å². The predicted octanol–water partition coefficient (Wildman–Crippen LogP) is 1.87. The van der Waals surface area contributed by atoms with Crippen molar-refractivity contribution in [1.82, 2.24) is 9.03 Å². The number of aryl methyl sites for hydroxylation is 2. The smallest absolute Gasteiger partial charge is 0.240 e. The maximum absolute atomic E-state index is 13.9. The van der Waals surface area contributed by atoms with Crippen molar-refractivity contribution < 1.29 is 21.2 Å². The molecule has 0 bridgehead atoms. The number of rotatable bonds is 7. The summed E-state index contributed by atoms with van der Waals surface area (Å²) in [5.74, 6) is -0.675. The van der Waals surface area contributed by atoms with E-state index in [2.05, 4.69) is 4.72 Å². The van der Waals surface area contributed by atoms with Gasteiger partial charge in [0.1, 0.15) is 5.82 Å². The molecule has 10 heteroatoms. The van der Waals surface area contributed by atoms with E-state index in [1.165, 1.54) is 16.4 Å². The SMILES string of the molecule is Cc1ccc(S(=O)(=O)NCCS(=O)(=O)N2CCN(c3ccccc3F)CC2)cc1C. The molecule has 0 unspecified atom stereocenters. The number of benzene rings is 2. The molecule has 0 spiro atoms. The Bertz CT molecular complexity index is 1110. The van der Waals surface area contributed by atoms with Gasteiger partial charge < -0.3 is 4.90 Å². The molecule has 0 aliphatic carbocycles. The van der Waals surface area contributed by atoms with E-state index < -0.39 is 20.0 Å². The summed E-state index contributed by atoms with van der Waals surface area (Å²) < 4.78 is 67.7. The molecule has 1 fully saturated rings. The number of nitrogens with zero attached hydrogens (tertiary/aromatic N) is 2. The van der Waals surface area contributed by atoms with Crippen LogP contribution in [-0.2, 0) is 20.0 Å². The maximum Gasteiger partial charge on any atom is 0.240 e. The van der Waals surface area contributed by atoms with Gasteiger partial charge in [0.15, 0.2) is 0 Å². The third kappa shape index (κ3) is 5.18. The molecule has 164 valence electrons. The van der Waals surface area contributed by atoms with Crippen molar-refractivity contribution in [2.75, 3.05) is 43.4 Å². The summed E-state index contributed by atoms with van der Waals surface area (Å²) >= 11 is 0. The highest BCUT2D eigenvalue weighted by molar-refractivity contribution is 7.90. The molecule has 1 aliphatic heterocycles. The second-order valence-electron chi connectivity index (χ2n) is 7.30.